The Morgan fingerprint density at radius 1 is 1.09 bits per heavy atom. The van der Waals surface area contributed by atoms with Crippen molar-refractivity contribution in [2.45, 2.75) is 13.2 Å². The second kappa shape index (κ2) is 8.46. The molecule has 1 aliphatic rings. The Kier molecular flexibility index (Phi) is 5.20. The number of hydrogen-bond acceptors (Lipinski definition) is 6. The monoisotopic (exact) mass is 435 g/mol. The van der Waals surface area contributed by atoms with Crippen LogP contribution in [0, 0.1) is 5.82 Å². The Morgan fingerprint density at radius 2 is 2.00 bits per heavy atom. The van der Waals surface area contributed by atoms with Gasteiger partial charge in [-0.3, -0.25) is 9.48 Å². The second-order valence-electron chi connectivity index (χ2n) is 7.05. The molecule has 0 saturated heterocycles. The van der Waals surface area contributed by atoms with E-state index in [1.165, 1.54) is 12.1 Å². The lowest BCUT2D eigenvalue weighted by Crippen LogP contribution is -2.12. The van der Waals surface area contributed by atoms with Crippen LogP contribution in [0.15, 0.2) is 71.3 Å². The molecule has 0 bridgehead atoms. The zero-order valence-electron chi connectivity index (χ0n) is 16.8. The number of rotatable bonds is 7. The Hall–Kier alpha value is -4.27. The van der Waals surface area contributed by atoms with Crippen LogP contribution in [0.25, 0.3) is 0 Å². The number of furan rings is 1. The highest BCUT2D eigenvalue weighted by molar-refractivity contribution is 6.01. The van der Waals surface area contributed by atoms with E-state index in [0.29, 0.717) is 35.4 Å². The van der Waals surface area contributed by atoms with Gasteiger partial charge in [0.25, 0.3) is 5.91 Å². The maximum atomic E-state index is 13.3. The number of nitrogens with zero attached hydrogens (tertiary/aromatic N) is 2. The minimum absolute atomic E-state index is 0.133. The molecule has 1 amide bonds. The van der Waals surface area contributed by atoms with Gasteiger partial charge < -0.3 is 23.9 Å². The van der Waals surface area contributed by atoms with E-state index in [1.807, 2.05) is 0 Å². The lowest BCUT2D eigenvalue weighted by molar-refractivity contribution is 0.0992. The molecule has 2 aromatic carbocycles. The molecule has 162 valence electrons. The van der Waals surface area contributed by atoms with Gasteiger partial charge in [0.2, 0.25) is 6.79 Å². The van der Waals surface area contributed by atoms with Crippen LogP contribution >= 0.6 is 0 Å². The van der Waals surface area contributed by atoms with Gasteiger partial charge in [-0.25, -0.2) is 4.39 Å². The van der Waals surface area contributed by atoms with Gasteiger partial charge in [-0.2, -0.15) is 5.10 Å². The standard InChI is InChI=1S/C23H18FN3O5/c24-16-3-1-2-15(10-16)12-27-9-8-22(26-27)25-23(28)20-7-5-18(32-20)13-29-17-4-6-19-21(11-17)31-14-30-19/h1-11H,12-14H2,(H,25,26,28). The van der Waals surface area contributed by atoms with Gasteiger partial charge in [0, 0.05) is 18.3 Å². The van der Waals surface area contributed by atoms with Crippen molar-refractivity contribution in [3.8, 4) is 17.2 Å². The van der Waals surface area contributed by atoms with E-state index in [-0.39, 0.29) is 25.0 Å². The molecule has 9 heteroatoms. The SMILES string of the molecule is O=C(Nc1ccn(Cc2cccc(F)c2)n1)c1ccc(COc2ccc3c(c2)OCO3)o1. The molecule has 5 rings (SSSR count). The molecule has 1 aliphatic heterocycles. The van der Waals surface area contributed by atoms with Crippen LogP contribution in [0.3, 0.4) is 0 Å². The summed E-state index contributed by atoms with van der Waals surface area (Å²) in [5, 5.41) is 6.97. The van der Waals surface area contributed by atoms with Gasteiger partial charge in [0.1, 0.15) is 23.9 Å². The van der Waals surface area contributed by atoms with Gasteiger partial charge >= 0.3 is 0 Å². The molecule has 0 unspecified atom stereocenters. The average molecular weight is 435 g/mol. The Morgan fingerprint density at radius 3 is 2.91 bits per heavy atom. The molecule has 0 fully saturated rings. The number of ether oxygens (including phenoxy) is 3. The molecule has 8 nitrogen and oxygen atoms in total. The highest BCUT2D eigenvalue weighted by Crippen LogP contribution is 2.35. The molecule has 0 radical (unpaired) electrons. The van der Waals surface area contributed by atoms with Crippen molar-refractivity contribution >= 4 is 11.7 Å². The number of nitrogens with one attached hydrogen (secondary N) is 1. The van der Waals surface area contributed by atoms with Crippen molar-refractivity contribution in [2.24, 2.45) is 0 Å². The highest BCUT2D eigenvalue weighted by Gasteiger charge is 2.16. The molecule has 4 aromatic rings. The fourth-order valence-electron chi connectivity index (χ4n) is 3.22. The van der Waals surface area contributed by atoms with Crippen molar-refractivity contribution in [1.82, 2.24) is 9.78 Å². The Labute approximate surface area is 182 Å². The summed E-state index contributed by atoms with van der Waals surface area (Å²) in [6.07, 6.45) is 1.70. The van der Waals surface area contributed by atoms with Crippen molar-refractivity contribution in [2.75, 3.05) is 12.1 Å². The third-order valence-corrected chi connectivity index (χ3v) is 4.73. The summed E-state index contributed by atoms with van der Waals surface area (Å²) in [4.78, 5) is 12.5. The van der Waals surface area contributed by atoms with E-state index in [4.69, 9.17) is 18.6 Å². The first-order valence-electron chi connectivity index (χ1n) is 9.83. The fourth-order valence-corrected chi connectivity index (χ4v) is 3.22. The Bertz CT molecular complexity index is 1270. The summed E-state index contributed by atoms with van der Waals surface area (Å²) >= 11 is 0. The summed E-state index contributed by atoms with van der Waals surface area (Å²) < 4.78 is 36.8. The van der Waals surface area contributed by atoms with E-state index in [1.54, 1.807) is 59.4 Å². The molecule has 0 aliphatic carbocycles. The molecular weight excluding hydrogens is 417 g/mol. The summed E-state index contributed by atoms with van der Waals surface area (Å²) in [6, 6.07) is 16.4. The predicted octanol–water partition coefficient (Wildman–Crippen LogP) is 4.22. The minimum atomic E-state index is -0.435. The zero-order valence-corrected chi connectivity index (χ0v) is 16.8. The third-order valence-electron chi connectivity index (χ3n) is 4.73. The zero-order chi connectivity index (χ0) is 21.9. The summed E-state index contributed by atoms with van der Waals surface area (Å²) in [5.41, 5.74) is 0.768. The molecule has 0 spiro atoms. The van der Waals surface area contributed by atoms with Crippen molar-refractivity contribution in [3.63, 3.8) is 0 Å². The van der Waals surface area contributed by atoms with Gasteiger partial charge in [-0.15, -0.1) is 0 Å². The first kappa shape index (κ1) is 19.7. The number of halogens is 1. The van der Waals surface area contributed by atoms with Crippen LogP contribution < -0.4 is 19.5 Å². The fraction of sp³-hybridized carbons (Fsp3) is 0.130. The number of amides is 1. The number of hydrogen-bond donors (Lipinski definition) is 1. The molecule has 2 aromatic heterocycles. The summed E-state index contributed by atoms with van der Waals surface area (Å²) in [7, 11) is 0. The van der Waals surface area contributed by atoms with Crippen LogP contribution in [-0.2, 0) is 13.2 Å². The van der Waals surface area contributed by atoms with E-state index in [2.05, 4.69) is 10.4 Å². The molecular formula is C23H18FN3O5. The largest absolute Gasteiger partial charge is 0.486 e. The minimum Gasteiger partial charge on any atom is -0.486 e. The van der Waals surface area contributed by atoms with Gasteiger partial charge in [0.05, 0.1) is 6.54 Å². The molecule has 32 heavy (non-hydrogen) atoms. The number of carbonyl (C=O) groups is 1. The van der Waals surface area contributed by atoms with Crippen molar-refractivity contribution in [3.05, 3.63) is 89.8 Å². The van der Waals surface area contributed by atoms with Crippen molar-refractivity contribution < 1.29 is 27.8 Å². The second-order valence-corrected chi connectivity index (χ2v) is 7.05. The number of carbonyl (C=O) groups excluding carboxylic acids is 1. The quantitative estimate of drug-likeness (QED) is 0.468. The van der Waals surface area contributed by atoms with Crippen LogP contribution in [-0.4, -0.2) is 22.5 Å². The van der Waals surface area contributed by atoms with Crippen molar-refractivity contribution in [1.29, 1.82) is 0 Å². The maximum absolute atomic E-state index is 13.3. The Balaban J connectivity index is 1.17. The molecule has 3 heterocycles. The van der Waals surface area contributed by atoms with E-state index in [0.717, 1.165) is 5.56 Å². The van der Waals surface area contributed by atoms with Crippen LogP contribution in [0.1, 0.15) is 21.9 Å². The molecule has 1 N–H and O–H groups in total. The third kappa shape index (κ3) is 4.41. The van der Waals surface area contributed by atoms with E-state index < -0.39 is 5.91 Å². The van der Waals surface area contributed by atoms with Gasteiger partial charge in [0.15, 0.2) is 23.1 Å². The number of fused-ring (bicyclic) bond motifs is 1. The summed E-state index contributed by atoms with van der Waals surface area (Å²) in [5.74, 6) is 2.14. The lowest BCUT2D eigenvalue weighted by atomic mass is 10.2. The van der Waals surface area contributed by atoms with E-state index in [9.17, 15) is 9.18 Å². The smallest absolute Gasteiger partial charge is 0.292 e. The normalized spacial score (nSPS) is 12.0. The highest BCUT2D eigenvalue weighted by atomic mass is 19.1. The molecule has 0 saturated carbocycles. The predicted molar refractivity (Wildman–Crippen MR) is 111 cm³/mol. The number of benzene rings is 2. The average Bonchev–Trinajstić information content (AvgIpc) is 3.53. The van der Waals surface area contributed by atoms with E-state index >= 15 is 0 Å². The van der Waals surface area contributed by atoms with Gasteiger partial charge in [-0.05, 0) is 42.0 Å². The first-order chi connectivity index (χ1) is 15.6. The van der Waals surface area contributed by atoms with Crippen LogP contribution in [0.5, 0.6) is 17.2 Å². The van der Waals surface area contributed by atoms with Crippen LogP contribution in [0.4, 0.5) is 10.2 Å². The lowest BCUT2D eigenvalue weighted by Gasteiger charge is -2.05. The maximum Gasteiger partial charge on any atom is 0.292 e. The van der Waals surface area contributed by atoms with Gasteiger partial charge in [-0.1, -0.05) is 12.1 Å². The molecule has 0 atom stereocenters. The topological polar surface area (TPSA) is 87.8 Å². The number of anilines is 1. The number of aromatic nitrogens is 2. The summed E-state index contributed by atoms with van der Waals surface area (Å²) in [6.45, 7) is 0.726. The van der Waals surface area contributed by atoms with Crippen LogP contribution in [0.2, 0.25) is 0 Å². The first-order valence-corrected chi connectivity index (χ1v) is 9.83.